The minimum Gasteiger partial charge on any atom is -0.351 e. The minimum atomic E-state index is -0.305. The van der Waals surface area contributed by atoms with Crippen LogP contribution in [0.1, 0.15) is 6.42 Å². The summed E-state index contributed by atoms with van der Waals surface area (Å²) in [5.74, 6) is 0. The smallest absolute Gasteiger partial charge is 0.314 e. The van der Waals surface area contributed by atoms with E-state index in [0.29, 0.717) is 0 Å². The summed E-state index contributed by atoms with van der Waals surface area (Å²) >= 11 is 0. The SMILES string of the molecule is C=CCN1CCCN(C(N)=O)CC1. The molecule has 2 N–H and O–H groups in total. The molecule has 0 bridgehead atoms. The first-order valence-electron chi connectivity index (χ1n) is 4.61. The van der Waals surface area contributed by atoms with Crippen LogP contribution in [0.5, 0.6) is 0 Å². The van der Waals surface area contributed by atoms with Crippen LogP contribution in [0.25, 0.3) is 0 Å². The monoisotopic (exact) mass is 183 g/mol. The Balaban J connectivity index is 2.39. The van der Waals surface area contributed by atoms with Crippen molar-refractivity contribution in [2.45, 2.75) is 6.42 Å². The molecule has 1 rings (SSSR count). The van der Waals surface area contributed by atoms with Crippen LogP contribution in [0.3, 0.4) is 0 Å². The van der Waals surface area contributed by atoms with Gasteiger partial charge in [0.05, 0.1) is 0 Å². The quantitative estimate of drug-likeness (QED) is 0.624. The molecule has 0 unspecified atom stereocenters. The third-order valence-corrected chi connectivity index (χ3v) is 2.29. The van der Waals surface area contributed by atoms with Crippen molar-refractivity contribution in [3.63, 3.8) is 0 Å². The second-order valence-electron chi connectivity index (χ2n) is 3.27. The number of primary amides is 1. The van der Waals surface area contributed by atoms with Crippen LogP contribution in [0.4, 0.5) is 4.79 Å². The first-order chi connectivity index (χ1) is 6.24. The van der Waals surface area contributed by atoms with Crippen LogP contribution < -0.4 is 5.73 Å². The molecule has 0 radical (unpaired) electrons. The van der Waals surface area contributed by atoms with Gasteiger partial charge in [0, 0.05) is 32.7 Å². The van der Waals surface area contributed by atoms with Gasteiger partial charge in [-0.1, -0.05) is 6.08 Å². The third-order valence-electron chi connectivity index (χ3n) is 2.29. The molecule has 2 amide bonds. The zero-order valence-electron chi connectivity index (χ0n) is 7.91. The highest BCUT2D eigenvalue weighted by molar-refractivity contribution is 5.71. The van der Waals surface area contributed by atoms with Gasteiger partial charge in [0.25, 0.3) is 0 Å². The van der Waals surface area contributed by atoms with Gasteiger partial charge in [-0.25, -0.2) is 4.79 Å². The number of urea groups is 1. The molecule has 1 aliphatic rings. The first kappa shape index (κ1) is 10.1. The largest absolute Gasteiger partial charge is 0.351 e. The van der Waals surface area contributed by atoms with Crippen molar-refractivity contribution in [2.24, 2.45) is 5.73 Å². The van der Waals surface area contributed by atoms with Gasteiger partial charge in [-0.05, 0) is 6.42 Å². The van der Waals surface area contributed by atoms with Crippen molar-refractivity contribution in [3.05, 3.63) is 12.7 Å². The minimum absolute atomic E-state index is 0.305. The summed E-state index contributed by atoms with van der Waals surface area (Å²) in [7, 11) is 0. The van der Waals surface area contributed by atoms with Gasteiger partial charge >= 0.3 is 6.03 Å². The fraction of sp³-hybridized carbons (Fsp3) is 0.667. The predicted octanol–water partition coefficient (Wildman–Crippen LogP) is 0.259. The Labute approximate surface area is 79.0 Å². The van der Waals surface area contributed by atoms with E-state index in [-0.39, 0.29) is 6.03 Å². The molecule has 4 nitrogen and oxygen atoms in total. The molecule has 1 heterocycles. The van der Waals surface area contributed by atoms with Gasteiger partial charge in [-0.3, -0.25) is 4.90 Å². The highest BCUT2D eigenvalue weighted by Crippen LogP contribution is 2.02. The Morgan fingerprint density at radius 2 is 2.15 bits per heavy atom. The van der Waals surface area contributed by atoms with Crippen LogP contribution in [0.15, 0.2) is 12.7 Å². The van der Waals surface area contributed by atoms with Crippen LogP contribution in [-0.2, 0) is 0 Å². The van der Waals surface area contributed by atoms with Crippen molar-refractivity contribution >= 4 is 6.03 Å². The van der Waals surface area contributed by atoms with E-state index >= 15 is 0 Å². The molecule has 0 saturated carbocycles. The topological polar surface area (TPSA) is 49.6 Å². The second-order valence-corrected chi connectivity index (χ2v) is 3.27. The molecular formula is C9H17N3O. The molecule has 1 saturated heterocycles. The molecule has 0 spiro atoms. The summed E-state index contributed by atoms with van der Waals surface area (Å²) in [6.07, 6.45) is 2.89. The first-order valence-corrected chi connectivity index (χ1v) is 4.61. The number of carbonyl (C=O) groups excluding carboxylic acids is 1. The summed E-state index contributed by atoms with van der Waals surface area (Å²) < 4.78 is 0. The zero-order valence-corrected chi connectivity index (χ0v) is 7.91. The Morgan fingerprint density at radius 1 is 1.38 bits per heavy atom. The van der Waals surface area contributed by atoms with Gasteiger partial charge < -0.3 is 10.6 Å². The molecule has 1 fully saturated rings. The standard InChI is InChI=1S/C9H17N3O/c1-2-4-11-5-3-6-12(8-7-11)9(10)13/h2H,1,3-8H2,(H2,10,13). The maximum atomic E-state index is 10.9. The Morgan fingerprint density at radius 3 is 2.77 bits per heavy atom. The average molecular weight is 183 g/mol. The lowest BCUT2D eigenvalue weighted by atomic mass is 10.4. The van der Waals surface area contributed by atoms with Crippen molar-refractivity contribution < 1.29 is 4.79 Å². The van der Waals surface area contributed by atoms with Gasteiger partial charge in [-0.2, -0.15) is 0 Å². The third kappa shape index (κ3) is 3.06. The molecule has 4 heteroatoms. The van der Waals surface area contributed by atoms with E-state index in [9.17, 15) is 4.79 Å². The Hall–Kier alpha value is -1.03. The van der Waals surface area contributed by atoms with Gasteiger partial charge in [-0.15, -0.1) is 6.58 Å². The molecule has 13 heavy (non-hydrogen) atoms. The lowest BCUT2D eigenvalue weighted by Gasteiger charge is -2.18. The van der Waals surface area contributed by atoms with Crippen molar-refractivity contribution in [1.82, 2.24) is 9.80 Å². The fourth-order valence-corrected chi connectivity index (χ4v) is 1.56. The maximum absolute atomic E-state index is 10.9. The maximum Gasteiger partial charge on any atom is 0.314 e. The zero-order chi connectivity index (χ0) is 9.68. The molecular weight excluding hydrogens is 166 g/mol. The number of hydrogen-bond acceptors (Lipinski definition) is 2. The number of nitrogens with zero attached hydrogens (tertiary/aromatic N) is 2. The molecule has 0 atom stereocenters. The predicted molar refractivity (Wildman–Crippen MR) is 52.4 cm³/mol. The van der Waals surface area contributed by atoms with E-state index in [1.54, 1.807) is 4.90 Å². The lowest BCUT2D eigenvalue weighted by molar-refractivity contribution is 0.208. The summed E-state index contributed by atoms with van der Waals surface area (Å²) in [6.45, 7) is 8.03. The van der Waals surface area contributed by atoms with Gasteiger partial charge in [0.1, 0.15) is 0 Å². The molecule has 74 valence electrons. The molecule has 0 aliphatic carbocycles. The van der Waals surface area contributed by atoms with Gasteiger partial charge in [0.15, 0.2) is 0 Å². The number of carbonyl (C=O) groups is 1. The Bertz CT molecular complexity index is 193. The summed E-state index contributed by atoms with van der Waals surface area (Å²) in [4.78, 5) is 14.9. The van der Waals surface area contributed by atoms with E-state index < -0.39 is 0 Å². The normalized spacial score (nSPS) is 19.5. The van der Waals surface area contributed by atoms with E-state index in [4.69, 9.17) is 5.73 Å². The summed E-state index contributed by atoms with van der Waals surface area (Å²) in [6, 6.07) is -0.305. The lowest BCUT2D eigenvalue weighted by Crippen LogP contribution is -2.38. The highest BCUT2D eigenvalue weighted by atomic mass is 16.2. The van der Waals surface area contributed by atoms with E-state index in [1.165, 1.54) is 0 Å². The highest BCUT2D eigenvalue weighted by Gasteiger charge is 2.15. The van der Waals surface area contributed by atoms with Crippen molar-refractivity contribution in [3.8, 4) is 0 Å². The van der Waals surface area contributed by atoms with E-state index in [0.717, 1.165) is 39.1 Å². The van der Waals surface area contributed by atoms with Crippen LogP contribution in [0, 0.1) is 0 Å². The van der Waals surface area contributed by atoms with Crippen molar-refractivity contribution in [2.75, 3.05) is 32.7 Å². The van der Waals surface area contributed by atoms with E-state index in [2.05, 4.69) is 11.5 Å². The summed E-state index contributed by atoms with van der Waals surface area (Å²) in [5.41, 5.74) is 5.20. The summed E-state index contributed by atoms with van der Waals surface area (Å²) in [5, 5.41) is 0. The molecule has 0 aromatic heterocycles. The second kappa shape index (κ2) is 4.87. The molecule has 0 aromatic carbocycles. The van der Waals surface area contributed by atoms with Crippen LogP contribution >= 0.6 is 0 Å². The molecule has 1 aliphatic heterocycles. The number of amides is 2. The van der Waals surface area contributed by atoms with Gasteiger partial charge in [0.2, 0.25) is 0 Å². The number of rotatable bonds is 2. The number of nitrogens with two attached hydrogens (primary N) is 1. The van der Waals surface area contributed by atoms with Crippen LogP contribution in [-0.4, -0.2) is 48.6 Å². The Kier molecular flexibility index (Phi) is 3.76. The fourth-order valence-electron chi connectivity index (χ4n) is 1.56. The average Bonchev–Trinajstić information content (AvgIpc) is 2.30. The molecule has 0 aromatic rings. The van der Waals surface area contributed by atoms with Crippen molar-refractivity contribution in [1.29, 1.82) is 0 Å². The number of hydrogen-bond donors (Lipinski definition) is 1. The van der Waals surface area contributed by atoms with Crippen LogP contribution in [0.2, 0.25) is 0 Å². The van der Waals surface area contributed by atoms with E-state index in [1.807, 2.05) is 6.08 Å².